The topological polar surface area (TPSA) is 101 Å². The number of imidazole rings is 1. The first-order valence-corrected chi connectivity index (χ1v) is 10.2. The van der Waals surface area contributed by atoms with E-state index in [1.807, 2.05) is 22.7 Å². The second-order valence-electron chi connectivity index (χ2n) is 7.85. The van der Waals surface area contributed by atoms with E-state index in [1.54, 1.807) is 17.2 Å². The van der Waals surface area contributed by atoms with E-state index in [0.717, 1.165) is 18.8 Å². The summed E-state index contributed by atoms with van der Waals surface area (Å²) in [5, 5.41) is 7.06. The van der Waals surface area contributed by atoms with Crippen LogP contribution in [0, 0.1) is 5.92 Å². The SMILES string of the molecule is CC[C@@H]1[C@H](C(=O)NCCn2cncn2)C[C@@H]2CN(Cc3nccn3C)CC(=O)N21. The third kappa shape index (κ3) is 4.02. The third-order valence-corrected chi connectivity index (χ3v) is 6.00. The van der Waals surface area contributed by atoms with Crippen LogP contribution in [0.2, 0.25) is 0 Å². The van der Waals surface area contributed by atoms with Gasteiger partial charge in [0, 0.05) is 44.6 Å². The van der Waals surface area contributed by atoms with Gasteiger partial charge in [0.05, 0.1) is 25.6 Å². The summed E-state index contributed by atoms with van der Waals surface area (Å²) in [7, 11) is 1.96. The fourth-order valence-electron chi connectivity index (χ4n) is 4.62. The van der Waals surface area contributed by atoms with Gasteiger partial charge in [-0.3, -0.25) is 19.2 Å². The molecule has 0 unspecified atom stereocenters. The molecule has 2 amide bonds. The van der Waals surface area contributed by atoms with Crippen molar-refractivity contribution >= 4 is 11.8 Å². The highest BCUT2D eigenvalue weighted by Crippen LogP contribution is 2.35. The number of nitrogens with zero attached hydrogens (tertiary/aromatic N) is 7. The monoisotopic (exact) mass is 400 g/mol. The van der Waals surface area contributed by atoms with Gasteiger partial charge in [0.15, 0.2) is 0 Å². The van der Waals surface area contributed by atoms with E-state index in [9.17, 15) is 9.59 Å². The van der Waals surface area contributed by atoms with Crippen molar-refractivity contribution < 1.29 is 9.59 Å². The zero-order valence-electron chi connectivity index (χ0n) is 16.9. The first-order chi connectivity index (χ1) is 14.1. The molecular formula is C19H28N8O2. The number of aromatic nitrogens is 5. The van der Waals surface area contributed by atoms with Crippen LogP contribution in [0.25, 0.3) is 0 Å². The average molecular weight is 400 g/mol. The predicted octanol–water partition coefficient (Wildman–Crippen LogP) is -0.361. The van der Waals surface area contributed by atoms with Gasteiger partial charge < -0.3 is 14.8 Å². The minimum absolute atomic E-state index is 0.0230. The van der Waals surface area contributed by atoms with Gasteiger partial charge in [-0.2, -0.15) is 5.10 Å². The molecular weight excluding hydrogens is 372 g/mol. The Morgan fingerprint density at radius 3 is 2.93 bits per heavy atom. The molecule has 3 atom stereocenters. The van der Waals surface area contributed by atoms with Gasteiger partial charge in [-0.15, -0.1) is 0 Å². The lowest BCUT2D eigenvalue weighted by Gasteiger charge is -2.39. The number of aryl methyl sites for hydroxylation is 1. The Kier molecular flexibility index (Phi) is 5.61. The van der Waals surface area contributed by atoms with Crippen LogP contribution in [-0.2, 0) is 29.7 Å². The Labute approximate surface area is 169 Å². The van der Waals surface area contributed by atoms with Crippen molar-refractivity contribution in [2.75, 3.05) is 19.6 Å². The maximum absolute atomic E-state index is 12.9. The van der Waals surface area contributed by atoms with E-state index < -0.39 is 0 Å². The zero-order valence-corrected chi connectivity index (χ0v) is 16.9. The standard InChI is InChI=1S/C19H28N8O2/c1-3-16-15(19(29)22-5-7-26-13-20-12-23-26)8-14-9-25(11-18(28)27(14)16)10-17-21-4-6-24(17)2/h4,6,12-16H,3,5,7-11H2,1-2H3,(H,22,29)/t14-,15-,16-/m1/s1. The van der Waals surface area contributed by atoms with E-state index in [0.29, 0.717) is 32.6 Å². The van der Waals surface area contributed by atoms with Gasteiger partial charge in [0.2, 0.25) is 11.8 Å². The summed E-state index contributed by atoms with van der Waals surface area (Å²) >= 11 is 0. The second-order valence-corrected chi connectivity index (χ2v) is 7.85. The van der Waals surface area contributed by atoms with Gasteiger partial charge in [-0.1, -0.05) is 6.92 Å². The van der Waals surface area contributed by atoms with Crippen LogP contribution in [0.5, 0.6) is 0 Å². The number of rotatable bonds is 7. The second kappa shape index (κ2) is 8.32. The Hall–Kier alpha value is -2.75. The van der Waals surface area contributed by atoms with Gasteiger partial charge in [-0.05, 0) is 12.8 Å². The van der Waals surface area contributed by atoms with Crippen LogP contribution in [-0.4, -0.2) is 77.6 Å². The molecule has 0 saturated carbocycles. The van der Waals surface area contributed by atoms with Crippen molar-refractivity contribution in [1.29, 1.82) is 0 Å². The van der Waals surface area contributed by atoms with Crippen LogP contribution in [0.4, 0.5) is 0 Å². The van der Waals surface area contributed by atoms with Crippen LogP contribution in [0.1, 0.15) is 25.6 Å². The molecule has 4 rings (SSSR count). The first kappa shape index (κ1) is 19.6. The van der Waals surface area contributed by atoms with Gasteiger partial charge in [-0.25, -0.2) is 9.97 Å². The molecule has 10 heteroatoms. The summed E-state index contributed by atoms with van der Waals surface area (Å²) in [5.41, 5.74) is 0. The summed E-state index contributed by atoms with van der Waals surface area (Å²) in [6.45, 7) is 4.93. The van der Waals surface area contributed by atoms with Crippen molar-refractivity contribution in [2.24, 2.45) is 13.0 Å². The van der Waals surface area contributed by atoms with E-state index in [4.69, 9.17) is 0 Å². The molecule has 0 aromatic carbocycles. The molecule has 2 aromatic heterocycles. The Balaban J connectivity index is 1.38. The highest BCUT2D eigenvalue weighted by molar-refractivity contribution is 5.84. The van der Waals surface area contributed by atoms with Crippen molar-refractivity contribution in [1.82, 2.24) is 39.4 Å². The fraction of sp³-hybridized carbons (Fsp3) is 0.632. The summed E-state index contributed by atoms with van der Waals surface area (Å²) < 4.78 is 3.67. The summed E-state index contributed by atoms with van der Waals surface area (Å²) in [6, 6.07) is 0.0433. The predicted molar refractivity (Wildman–Crippen MR) is 104 cm³/mol. The van der Waals surface area contributed by atoms with Gasteiger partial charge in [0.1, 0.15) is 18.5 Å². The zero-order chi connectivity index (χ0) is 20.4. The lowest BCUT2D eigenvalue weighted by molar-refractivity contribution is -0.141. The number of carbonyl (C=O) groups excluding carboxylic acids is 2. The number of nitrogens with one attached hydrogen (secondary N) is 1. The number of fused-ring (bicyclic) bond motifs is 1. The summed E-state index contributed by atoms with van der Waals surface area (Å²) in [6.07, 6.45) is 8.28. The van der Waals surface area contributed by atoms with Crippen molar-refractivity contribution in [3.63, 3.8) is 0 Å². The molecule has 0 bridgehead atoms. The van der Waals surface area contributed by atoms with Crippen LogP contribution in [0.15, 0.2) is 25.0 Å². The first-order valence-electron chi connectivity index (χ1n) is 10.2. The molecule has 2 saturated heterocycles. The van der Waals surface area contributed by atoms with Gasteiger partial charge in [0.25, 0.3) is 0 Å². The molecule has 29 heavy (non-hydrogen) atoms. The molecule has 156 valence electrons. The van der Waals surface area contributed by atoms with Crippen molar-refractivity contribution in [3.05, 3.63) is 30.9 Å². The molecule has 2 fully saturated rings. The lowest BCUT2D eigenvalue weighted by atomic mass is 9.96. The molecule has 2 aliphatic heterocycles. The Morgan fingerprint density at radius 2 is 2.24 bits per heavy atom. The van der Waals surface area contributed by atoms with Crippen LogP contribution < -0.4 is 5.32 Å². The minimum Gasteiger partial charge on any atom is -0.354 e. The van der Waals surface area contributed by atoms with Crippen molar-refractivity contribution in [2.45, 2.75) is 44.9 Å². The van der Waals surface area contributed by atoms with Crippen LogP contribution in [0.3, 0.4) is 0 Å². The number of hydrogen-bond donors (Lipinski definition) is 1. The maximum atomic E-state index is 12.9. The smallest absolute Gasteiger partial charge is 0.237 e. The highest BCUT2D eigenvalue weighted by Gasteiger charge is 2.48. The molecule has 10 nitrogen and oxygen atoms in total. The third-order valence-electron chi connectivity index (χ3n) is 6.00. The van der Waals surface area contributed by atoms with Crippen LogP contribution >= 0.6 is 0 Å². The summed E-state index contributed by atoms with van der Waals surface area (Å²) in [5.74, 6) is 0.909. The molecule has 2 aromatic rings. The summed E-state index contributed by atoms with van der Waals surface area (Å²) in [4.78, 5) is 38.2. The molecule has 0 aliphatic carbocycles. The maximum Gasteiger partial charge on any atom is 0.237 e. The highest BCUT2D eigenvalue weighted by atomic mass is 16.2. The lowest BCUT2D eigenvalue weighted by Crippen LogP contribution is -2.56. The Bertz CT molecular complexity index is 848. The molecule has 1 N–H and O–H groups in total. The van der Waals surface area contributed by atoms with E-state index in [2.05, 4.69) is 32.2 Å². The molecule has 4 heterocycles. The fourth-order valence-corrected chi connectivity index (χ4v) is 4.62. The molecule has 0 spiro atoms. The normalized spacial score (nSPS) is 24.7. The Morgan fingerprint density at radius 1 is 1.38 bits per heavy atom. The average Bonchev–Trinajstić information content (AvgIpc) is 3.42. The van der Waals surface area contributed by atoms with E-state index in [1.165, 1.54) is 6.33 Å². The minimum atomic E-state index is -0.169. The number of piperazine rings is 1. The molecule has 2 aliphatic rings. The van der Waals surface area contributed by atoms with E-state index in [-0.39, 0.29) is 29.8 Å². The largest absolute Gasteiger partial charge is 0.354 e. The molecule has 0 radical (unpaired) electrons. The van der Waals surface area contributed by atoms with Gasteiger partial charge >= 0.3 is 0 Å². The number of amides is 2. The number of hydrogen-bond acceptors (Lipinski definition) is 6. The van der Waals surface area contributed by atoms with E-state index >= 15 is 0 Å². The quantitative estimate of drug-likeness (QED) is 0.681. The van der Waals surface area contributed by atoms with Crippen molar-refractivity contribution in [3.8, 4) is 0 Å². The number of carbonyl (C=O) groups is 2.